The van der Waals surface area contributed by atoms with E-state index < -0.39 is 0 Å². The molecule has 0 aliphatic heterocycles. The quantitative estimate of drug-likeness (QED) is 0.770. The molecule has 0 spiro atoms. The van der Waals surface area contributed by atoms with E-state index in [0.717, 1.165) is 18.4 Å². The number of ketones is 1. The van der Waals surface area contributed by atoms with Gasteiger partial charge in [-0.1, -0.05) is 12.1 Å². The van der Waals surface area contributed by atoms with Crippen molar-refractivity contribution < 1.29 is 14.3 Å². The van der Waals surface area contributed by atoms with Gasteiger partial charge in [-0.2, -0.15) is 0 Å². The average Bonchev–Trinajstić information content (AvgIpc) is 2.40. The molecule has 1 aliphatic carbocycles. The molecule has 0 atom stereocenters. The minimum atomic E-state index is -0.272. The minimum Gasteiger partial charge on any atom is -0.462 e. The lowest BCUT2D eigenvalue weighted by Gasteiger charge is -2.21. The molecule has 1 fully saturated rings. The number of Topliss-reactive ketones (excluding diaryl/α,β-unsaturated/α-hetero) is 1. The third-order valence-electron chi connectivity index (χ3n) is 3.41. The van der Waals surface area contributed by atoms with Crippen LogP contribution in [0.2, 0.25) is 0 Å². The summed E-state index contributed by atoms with van der Waals surface area (Å²) in [5.74, 6) is 0.483. The molecule has 1 aromatic carbocycles. The minimum absolute atomic E-state index is 0.272. The van der Waals surface area contributed by atoms with Gasteiger partial charge in [0.1, 0.15) is 5.78 Å². The van der Waals surface area contributed by atoms with Crippen LogP contribution in [-0.4, -0.2) is 18.4 Å². The number of hydrogen-bond donors (Lipinski definition) is 0. The first-order chi connectivity index (χ1) is 8.70. The van der Waals surface area contributed by atoms with Crippen molar-refractivity contribution in [3.63, 3.8) is 0 Å². The summed E-state index contributed by atoms with van der Waals surface area (Å²) in [6, 6.07) is 7.59. The summed E-state index contributed by atoms with van der Waals surface area (Å²) in [7, 11) is 0. The highest BCUT2D eigenvalue weighted by atomic mass is 16.5. The number of ether oxygens (including phenoxy) is 1. The molecule has 0 amide bonds. The molecule has 0 unspecified atom stereocenters. The van der Waals surface area contributed by atoms with Crippen LogP contribution in [0.1, 0.15) is 54.4 Å². The van der Waals surface area contributed by atoms with Gasteiger partial charge < -0.3 is 4.74 Å². The van der Waals surface area contributed by atoms with Crippen molar-refractivity contribution in [1.29, 1.82) is 0 Å². The van der Waals surface area contributed by atoms with E-state index in [1.165, 1.54) is 0 Å². The molecule has 18 heavy (non-hydrogen) atoms. The molecule has 3 nitrogen and oxygen atoms in total. The monoisotopic (exact) mass is 246 g/mol. The van der Waals surface area contributed by atoms with Crippen molar-refractivity contribution in [3.8, 4) is 0 Å². The zero-order valence-electron chi connectivity index (χ0n) is 10.6. The molecule has 1 aliphatic rings. The number of hydrogen-bond acceptors (Lipinski definition) is 3. The summed E-state index contributed by atoms with van der Waals surface area (Å²) in [6.45, 7) is 2.19. The van der Waals surface area contributed by atoms with Gasteiger partial charge >= 0.3 is 5.97 Å². The second-order valence-electron chi connectivity index (χ2n) is 4.66. The van der Waals surface area contributed by atoms with Crippen molar-refractivity contribution in [3.05, 3.63) is 35.4 Å². The molecule has 1 aromatic rings. The molecule has 0 heterocycles. The first-order valence-electron chi connectivity index (χ1n) is 6.49. The Balaban J connectivity index is 2.12. The smallest absolute Gasteiger partial charge is 0.338 e. The highest BCUT2D eigenvalue weighted by Crippen LogP contribution is 2.31. The topological polar surface area (TPSA) is 43.4 Å². The van der Waals surface area contributed by atoms with Crippen molar-refractivity contribution >= 4 is 11.8 Å². The van der Waals surface area contributed by atoms with Gasteiger partial charge in [0.05, 0.1) is 12.2 Å². The van der Waals surface area contributed by atoms with Crippen LogP contribution in [0.3, 0.4) is 0 Å². The van der Waals surface area contributed by atoms with Crippen molar-refractivity contribution in [1.82, 2.24) is 0 Å². The summed E-state index contributed by atoms with van der Waals surface area (Å²) in [5.41, 5.74) is 1.75. The zero-order chi connectivity index (χ0) is 13.0. The van der Waals surface area contributed by atoms with E-state index in [0.29, 0.717) is 36.7 Å². The van der Waals surface area contributed by atoms with Gasteiger partial charge in [0.2, 0.25) is 0 Å². The summed E-state index contributed by atoms with van der Waals surface area (Å²) in [4.78, 5) is 22.9. The fourth-order valence-electron chi connectivity index (χ4n) is 2.41. The summed E-state index contributed by atoms with van der Waals surface area (Å²) >= 11 is 0. The van der Waals surface area contributed by atoms with Crippen LogP contribution in [0, 0.1) is 0 Å². The van der Waals surface area contributed by atoms with Crippen molar-refractivity contribution in [2.45, 2.75) is 38.5 Å². The van der Waals surface area contributed by atoms with Crippen LogP contribution in [0.15, 0.2) is 24.3 Å². The van der Waals surface area contributed by atoms with Crippen LogP contribution in [-0.2, 0) is 9.53 Å². The zero-order valence-corrected chi connectivity index (χ0v) is 10.6. The average molecular weight is 246 g/mol. The lowest BCUT2D eigenvalue weighted by molar-refractivity contribution is -0.120. The van der Waals surface area contributed by atoms with Gasteiger partial charge in [-0.3, -0.25) is 4.79 Å². The third kappa shape index (κ3) is 2.97. The van der Waals surface area contributed by atoms with E-state index in [2.05, 4.69) is 0 Å². The van der Waals surface area contributed by atoms with Gasteiger partial charge in [-0.25, -0.2) is 4.79 Å². The Morgan fingerprint density at radius 1 is 1.33 bits per heavy atom. The number of carbonyl (C=O) groups is 2. The maximum absolute atomic E-state index is 11.7. The van der Waals surface area contributed by atoms with Gasteiger partial charge in [-0.05, 0) is 43.4 Å². The molecule has 3 heteroatoms. The summed E-state index contributed by atoms with van der Waals surface area (Å²) < 4.78 is 4.99. The van der Waals surface area contributed by atoms with Gasteiger partial charge in [-0.15, -0.1) is 0 Å². The molecule has 2 rings (SSSR count). The molecule has 0 aromatic heterocycles. The molecular weight excluding hydrogens is 228 g/mol. The van der Waals surface area contributed by atoms with Crippen molar-refractivity contribution in [2.24, 2.45) is 0 Å². The molecule has 0 N–H and O–H groups in total. The second kappa shape index (κ2) is 5.80. The Hall–Kier alpha value is -1.64. The predicted molar refractivity (Wildman–Crippen MR) is 68.6 cm³/mol. The lowest BCUT2D eigenvalue weighted by Crippen LogP contribution is -2.13. The maximum atomic E-state index is 11.7. The maximum Gasteiger partial charge on any atom is 0.338 e. The highest BCUT2D eigenvalue weighted by Gasteiger charge is 2.20. The fourth-order valence-corrected chi connectivity index (χ4v) is 2.41. The number of benzene rings is 1. The lowest BCUT2D eigenvalue weighted by atomic mass is 9.83. The van der Waals surface area contributed by atoms with Gasteiger partial charge in [0.25, 0.3) is 0 Å². The van der Waals surface area contributed by atoms with Crippen LogP contribution in [0.4, 0.5) is 0 Å². The highest BCUT2D eigenvalue weighted by molar-refractivity contribution is 5.89. The molecule has 0 bridgehead atoms. The number of rotatable bonds is 3. The molecule has 0 saturated heterocycles. The van der Waals surface area contributed by atoms with Crippen LogP contribution < -0.4 is 0 Å². The summed E-state index contributed by atoms with van der Waals surface area (Å²) in [6.07, 6.45) is 3.11. The van der Waals surface area contributed by atoms with E-state index in [1.807, 2.05) is 18.2 Å². The van der Waals surface area contributed by atoms with Crippen molar-refractivity contribution in [2.75, 3.05) is 6.61 Å². The normalized spacial score (nSPS) is 16.6. The van der Waals surface area contributed by atoms with E-state index in [4.69, 9.17) is 4.74 Å². The van der Waals surface area contributed by atoms with E-state index in [9.17, 15) is 9.59 Å². The van der Waals surface area contributed by atoms with Crippen LogP contribution in [0.5, 0.6) is 0 Å². The molecule has 96 valence electrons. The predicted octanol–water partition coefficient (Wildman–Crippen LogP) is 3.09. The Labute approximate surface area is 107 Å². The van der Waals surface area contributed by atoms with Crippen LogP contribution >= 0.6 is 0 Å². The third-order valence-corrected chi connectivity index (χ3v) is 3.41. The Kier molecular flexibility index (Phi) is 4.13. The number of esters is 1. The van der Waals surface area contributed by atoms with E-state index in [1.54, 1.807) is 13.0 Å². The molecule has 0 radical (unpaired) electrons. The first-order valence-corrected chi connectivity index (χ1v) is 6.49. The Morgan fingerprint density at radius 2 is 2.06 bits per heavy atom. The van der Waals surface area contributed by atoms with Gasteiger partial charge in [0.15, 0.2) is 0 Å². The summed E-state index contributed by atoms with van der Waals surface area (Å²) in [5, 5.41) is 0. The van der Waals surface area contributed by atoms with Crippen LogP contribution in [0.25, 0.3) is 0 Å². The Bertz CT molecular complexity index is 441. The Morgan fingerprint density at radius 3 is 2.72 bits per heavy atom. The van der Waals surface area contributed by atoms with E-state index >= 15 is 0 Å². The molecule has 1 saturated carbocycles. The molecular formula is C15H18O3. The SMILES string of the molecule is CCOC(=O)c1cccc(C2CCC(=O)CC2)c1. The number of carbonyl (C=O) groups excluding carboxylic acids is 2. The fraction of sp³-hybridized carbons (Fsp3) is 0.467. The second-order valence-corrected chi connectivity index (χ2v) is 4.66. The van der Waals surface area contributed by atoms with Gasteiger partial charge in [0, 0.05) is 12.8 Å². The standard InChI is InChI=1S/C15H18O3/c1-2-18-15(17)13-5-3-4-12(10-13)11-6-8-14(16)9-7-11/h3-5,10-11H,2,6-9H2,1H3. The van der Waals surface area contributed by atoms with E-state index in [-0.39, 0.29) is 5.97 Å². The first kappa shape index (κ1) is 12.8. The largest absolute Gasteiger partial charge is 0.462 e.